The minimum absolute atomic E-state index is 0.118. The molecule has 8 heteroatoms. The average molecular weight is 355 g/mol. The highest BCUT2D eigenvalue weighted by Crippen LogP contribution is 2.33. The van der Waals surface area contributed by atoms with Gasteiger partial charge < -0.3 is 14.7 Å². The molecule has 0 atom stereocenters. The summed E-state index contributed by atoms with van der Waals surface area (Å²) in [6.07, 6.45) is -0.118. The van der Waals surface area contributed by atoms with E-state index in [1.54, 1.807) is 6.92 Å². The van der Waals surface area contributed by atoms with Crippen LogP contribution in [0.3, 0.4) is 0 Å². The number of amides is 1. The molecule has 1 aromatic rings. The molecule has 5 nitrogen and oxygen atoms in total. The lowest BCUT2D eigenvalue weighted by atomic mass is 10.3. The van der Waals surface area contributed by atoms with Crippen LogP contribution in [0.25, 0.3) is 0 Å². The first-order valence-corrected chi connectivity index (χ1v) is 7.25. The van der Waals surface area contributed by atoms with Gasteiger partial charge in [0.2, 0.25) is 0 Å². The number of ether oxygens (including phenoxy) is 1. The van der Waals surface area contributed by atoms with Crippen molar-refractivity contribution in [3.05, 3.63) is 27.2 Å². The number of carboxylic acid groups (broad SMARTS) is 1. The van der Waals surface area contributed by atoms with Crippen molar-refractivity contribution in [2.45, 2.75) is 13.3 Å². The first-order valence-electron chi connectivity index (χ1n) is 6.12. The van der Waals surface area contributed by atoms with Crippen molar-refractivity contribution in [3.63, 3.8) is 0 Å². The molecule has 1 aromatic carbocycles. The second kappa shape index (κ2) is 8.32. The molecule has 0 saturated carbocycles. The first kappa shape index (κ1) is 17.9. The van der Waals surface area contributed by atoms with E-state index < -0.39 is 5.97 Å². The summed E-state index contributed by atoms with van der Waals surface area (Å²) in [6.45, 7) is 2.02. The molecule has 0 bridgehead atoms. The fourth-order valence-electron chi connectivity index (χ4n) is 1.54. The van der Waals surface area contributed by atoms with Crippen molar-refractivity contribution < 1.29 is 19.4 Å². The molecule has 0 heterocycles. The van der Waals surface area contributed by atoms with E-state index in [0.717, 1.165) is 0 Å². The molecule has 0 aliphatic rings. The Morgan fingerprint density at radius 1 is 1.19 bits per heavy atom. The standard InChI is InChI=1S/C13H14Cl3NO4/c1-2-17(4-3-13(19)20)12(18)7-21-11-6-9(15)8(14)5-10(11)16/h5-6H,2-4,7H2,1H3,(H,19,20). The van der Waals surface area contributed by atoms with Crippen LogP contribution in [0.5, 0.6) is 5.75 Å². The van der Waals surface area contributed by atoms with Crippen molar-refractivity contribution >= 4 is 46.7 Å². The number of carboxylic acids is 1. The molecule has 0 fully saturated rings. The molecule has 0 aromatic heterocycles. The monoisotopic (exact) mass is 353 g/mol. The average Bonchev–Trinajstić information content (AvgIpc) is 2.41. The lowest BCUT2D eigenvalue weighted by Crippen LogP contribution is -2.36. The highest BCUT2D eigenvalue weighted by molar-refractivity contribution is 6.43. The Bertz CT molecular complexity index is 536. The molecule has 1 N–H and O–H groups in total. The summed E-state index contributed by atoms with van der Waals surface area (Å²) in [6, 6.07) is 2.85. The maximum Gasteiger partial charge on any atom is 0.305 e. The van der Waals surface area contributed by atoms with E-state index in [4.69, 9.17) is 44.6 Å². The summed E-state index contributed by atoms with van der Waals surface area (Å²) < 4.78 is 5.31. The third-order valence-electron chi connectivity index (χ3n) is 2.66. The zero-order valence-electron chi connectivity index (χ0n) is 11.2. The molecular formula is C13H14Cl3NO4. The summed E-state index contributed by atoms with van der Waals surface area (Å²) in [5.41, 5.74) is 0. The number of benzene rings is 1. The van der Waals surface area contributed by atoms with Gasteiger partial charge in [0.25, 0.3) is 5.91 Å². The maximum absolute atomic E-state index is 11.9. The minimum atomic E-state index is -0.963. The van der Waals surface area contributed by atoms with Crippen LogP contribution in [0.15, 0.2) is 12.1 Å². The van der Waals surface area contributed by atoms with Crippen LogP contribution in [0.2, 0.25) is 15.1 Å². The molecule has 1 amide bonds. The summed E-state index contributed by atoms with van der Waals surface area (Å²) in [5, 5.41) is 9.42. The maximum atomic E-state index is 11.9. The van der Waals surface area contributed by atoms with E-state index in [0.29, 0.717) is 6.54 Å². The quantitative estimate of drug-likeness (QED) is 0.763. The number of rotatable bonds is 7. The normalized spacial score (nSPS) is 10.3. The second-order valence-electron chi connectivity index (χ2n) is 4.10. The highest BCUT2D eigenvalue weighted by Gasteiger charge is 2.15. The van der Waals surface area contributed by atoms with Crippen LogP contribution in [-0.4, -0.2) is 41.6 Å². The van der Waals surface area contributed by atoms with Crippen molar-refractivity contribution in [1.29, 1.82) is 0 Å². The summed E-state index contributed by atoms with van der Waals surface area (Å²) in [7, 11) is 0. The van der Waals surface area contributed by atoms with Gasteiger partial charge in [-0.05, 0) is 13.0 Å². The predicted octanol–water partition coefficient (Wildman–Crippen LogP) is 3.35. The minimum Gasteiger partial charge on any atom is -0.482 e. The van der Waals surface area contributed by atoms with Crippen molar-refractivity contribution in [1.82, 2.24) is 4.90 Å². The Morgan fingerprint density at radius 3 is 2.38 bits per heavy atom. The fraction of sp³-hybridized carbons (Fsp3) is 0.385. The number of hydrogen-bond donors (Lipinski definition) is 1. The largest absolute Gasteiger partial charge is 0.482 e. The number of likely N-dealkylation sites (N-methyl/N-ethyl adjacent to an activating group) is 1. The zero-order chi connectivity index (χ0) is 16.0. The molecule has 0 aliphatic heterocycles. The SMILES string of the molecule is CCN(CCC(=O)O)C(=O)COc1cc(Cl)c(Cl)cc1Cl. The van der Waals surface area contributed by atoms with Crippen molar-refractivity contribution in [3.8, 4) is 5.75 Å². The molecular weight excluding hydrogens is 341 g/mol. The van der Waals surface area contributed by atoms with Gasteiger partial charge in [0.15, 0.2) is 6.61 Å². The Balaban J connectivity index is 2.63. The molecule has 0 radical (unpaired) electrons. The Morgan fingerprint density at radius 2 is 1.81 bits per heavy atom. The summed E-state index contributed by atoms with van der Waals surface area (Å²) in [4.78, 5) is 23.8. The first-order chi connectivity index (χ1) is 9.85. The number of carbonyl (C=O) groups is 2. The summed E-state index contributed by atoms with van der Waals surface area (Å²) >= 11 is 17.6. The van der Waals surface area contributed by atoms with Gasteiger partial charge in [0.05, 0.1) is 21.5 Å². The highest BCUT2D eigenvalue weighted by atomic mass is 35.5. The third kappa shape index (κ3) is 5.61. The van der Waals surface area contributed by atoms with Gasteiger partial charge in [-0.1, -0.05) is 34.8 Å². The number of carbonyl (C=O) groups excluding carboxylic acids is 1. The van der Waals surface area contributed by atoms with Crippen LogP contribution in [0, 0.1) is 0 Å². The Hall–Kier alpha value is -1.17. The number of hydrogen-bond acceptors (Lipinski definition) is 3. The smallest absolute Gasteiger partial charge is 0.305 e. The van der Waals surface area contributed by atoms with Crippen LogP contribution in [0.4, 0.5) is 0 Å². The van der Waals surface area contributed by atoms with E-state index >= 15 is 0 Å². The molecule has 0 aliphatic carbocycles. The molecule has 0 unspecified atom stereocenters. The number of halogens is 3. The number of aliphatic carboxylic acids is 1. The van der Waals surface area contributed by atoms with Gasteiger partial charge >= 0.3 is 5.97 Å². The zero-order valence-corrected chi connectivity index (χ0v) is 13.5. The van der Waals surface area contributed by atoms with E-state index in [1.165, 1.54) is 17.0 Å². The predicted molar refractivity (Wildman–Crippen MR) is 81.5 cm³/mol. The van der Waals surface area contributed by atoms with Gasteiger partial charge in [-0.15, -0.1) is 0 Å². The van der Waals surface area contributed by atoms with Gasteiger partial charge in [-0.2, -0.15) is 0 Å². The molecule has 0 spiro atoms. The van der Waals surface area contributed by atoms with E-state index in [9.17, 15) is 9.59 Å². The van der Waals surface area contributed by atoms with E-state index in [2.05, 4.69) is 0 Å². The topological polar surface area (TPSA) is 66.8 Å². The van der Waals surface area contributed by atoms with Crippen molar-refractivity contribution in [2.75, 3.05) is 19.7 Å². The fourth-order valence-corrected chi connectivity index (χ4v) is 2.13. The number of nitrogens with zero attached hydrogens (tertiary/aromatic N) is 1. The molecule has 116 valence electrons. The third-order valence-corrected chi connectivity index (χ3v) is 3.67. The summed E-state index contributed by atoms with van der Waals surface area (Å²) in [5.74, 6) is -1.05. The Labute approximate surface area is 137 Å². The van der Waals surface area contributed by atoms with E-state index in [-0.39, 0.29) is 46.3 Å². The molecule has 21 heavy (non-hydrogen) atoms. The van der Waals surface area contributed by atoms with Crippen LogP contribution in [0.1, 0.15) is 13.3 Å². The van der Waals surface area contributed by atoms with Crippen LogP contribution >= 0.6 is 34.8 Å². The van der Waals surface area contributed by atoms with Gasteiger partial charge in [0.1, 0.15) is 5.75 Å². The lowest BCUT2D eigenvalue weighted by molar-refractivity contribution is -0.139. The molecule has 0 saturated heterocycles. The van der Waals surface area contributed by atoms with Crippen LogP contribution in [-0.2, 0) is 9.59 Å². The van der Waals surface area contributed by atoms with Gasteiger partial charge in [0, 0.05) is 19.2 Å². The Kier molecular flexibility index (Phi) is 7.08. The van der Waals surface area contributed by atoms with Crippen LogP contribution < -0.4 is 4.74 Å². The van der Waals surface area contributed by atoms with Crippen molar-refractivity contribution in [2.24, 2.45) is 0 Å². The van der Waals surface area contributed by atoms with Gasteiger partial charge in [-0.3, -0.25) is 9.59 Å². The second-order valence-corrected chi connectivity index (χ2v) is 5.32. The van der Waals surface area contributed by atoms with Gasteiger partial charge in [-0.25, -0.2) is 0 Å². The lowest BCUT2D eigenvalue weighted by Gasteiger charge is -2.20. The van der Waals surface area contributed by atoms with E-state index in [1.807, 2.05) is 0 Å². The molecule has 1 rings (SSSR count).